The fourth-order valence-corrected chi connectivity index (χ4v) is 8.29. The summed E-state index contributed by atoms with van der Waals surface area (Å²) in [6.45, 7) is 3.78. The number of carbonyl (C=O) groups excluding carboxylic acids is 1. The summed E-state index contributed by atoms with van der Waals surface area (Å²) in [4.78, 5) is 28.7. The van der Waals surface area contributed by atoms with Gasteiger partial charge in [0.15, 0.2) is 35.2 Å². The van der Waals surface area contributed by atoms with Crippen molar-refractivity contribution >= 4 is 42.1 Å². The summed E-state index contributed by atoms with van der Waals surface area (Å²) in [5, 5.41) is 3.58. The average molecular weight is 697 g/mol. The van der Waals surface area contributed by atoms with Crippen LogP contribution in [0.25, 0.3) is 11.2 Å². The molecule has 4 heterocycles. The SMILES string of the molecule is CN(C[C@H]1O[C@@H](n2cnc3c(NC4CCCC4)nc(Cl)nc32)[C@@H]2OC(C)(C)O[C@@H]21)C(=O)CP(=O)(Oc1ccccc1)Oc1ccccc1. The molecule has 15 heteroatoms. The zero-order valence-corrected chi connectivity index (χ0v) is 28.5. The van der Waals surface area contributed by atoms with E-state index in [1.54, 1.807) is 66.5 Å². The highest BCUT2D eigenvalue weighted by Gasteiger charge is 2.56. The number of anilines is 1. The van der Waals surface area contributed by atoms with Crippen LogP contribution >= 0.6 is 19.2 Å². The van der Waals surface area contributed by atoms with E-state index in [4.69, 9.17) is 34.9 Å². The van der Waals surface area contributed by atoms with Crippen LogP contribution in [-0.4, -0.2) is 80.2 Å². The number of imidazole rings is 1. The third-order valence-electron chi connectivity index (χ3n) is 8.67. The minimum absolute atomic E-state index is 0.0879. The Bertz CT molecular complexity index is 1760. The molecule has 1 aliphatic carbocycles. The van der Waals surface area contributed by atoms with Crippen molar-refractivity contribution in [1.29, 1.82) is 0 Å². The lowest BCUT2D eigenvalue weighted by Gasteiger charge is -2.28. The van der Waals surface area contributed by atoms with Gasteiger partial charge >= 0.3 is 7.60 Å². The number of fused-ring (bicyclic) bond motifs is 2. The molecule has 2 aromatic heterocycles. The van der Waals surface area contributed by atoms with Crippen LogP contribution < -0.4 is 14.4 Å². The predicted molar refractivity (Wildman–Crippen MR) is 178 cm³/mol. The molecule has 0 unspecified atom stereocenters. The predicted octanol–water partition coefficient (Wildman–Crippen LogP) is 6.06. The maximum absolute atomic E-state index is 14.1. The summed E-state index contributed by atoms with van der Waals surface area (Å²) in [5.41, 5.74) is 1.07. The Balaban J connectivity index is 1.11. The Kier molecular flexibility index (Phi) is 9.08. The fourth-order valence-electron chi connectivity index (χ4n) is 6.50. The molecule has 1 saturated carbocycles. The number of ether oxygens (including phenoxy) is 3. The van der Waals surface area contributed by atoms with Crippen LogP contribution in [0.15, 0.2) is 67.0 Å². The molecule has 7 rings (SSSR count). The van der Waals surface area contributed by atoms with Gasteiger partial charge in [-0.05, 0) is 62.6 Å². The van der Waals surface area contributed by atoms with Crippen LogP contribution in [0, 0.1) is 0 Å². The molecule has 2 aliphatic heterocycles. The molecule has 4 aromatic rings. The molecule has 2 saturated heterocycles. The van der Waals surface area contributed by atoms with E-state index >= 15 is 0 Å². The van der Waals surface area contributed by atoms with Crippen molar-refractivity contribution in [3.8, 4) is 11.5 Å². The van der Waals surface area contributed by atoms with Gasteiger partial charge in [-0.3, -0.25) is 9.36 Å². The van der Waals surface area contributed by atoms with E-state index in [-0.39, 0.29) is 11.8 Å². The topological polar surface area (TPSA) is 139 Å². The number of rotatable bonds is 11. The second-order valence-electron chi connectivity index (χ2n) is 12.8. The summed E-state index contributed by atoms with van der Waals surface area (Å²) in [6, 6.07) is 17.6. The van der Waals surface area contributed by atoms with E-state index in [9.17, 15) is 9.36 Å². The van der Waals surface area contributed by atoms with Crippen molar-refractivity contribution in [2.75, 3.05) is 25.1 Å². The molecular formula is C33H38ClN6O7P. The van der Waals surface area contributed by atoms with Gasteiger partial charge in [0, 0.05) is 19.6 Å². The molecule has 3 fully saturated rings. The van der Waals surface area contributed by atoms with Crippen LogP contribution in [-0.2, 0) is 23.6 Å². The molecule has 1 N–H and O–H groups in total. The Morgan fingerprint density at radius 3 is 2.29 bits per heavy atom. The summed E-state index contributed by atoms with van der Waals surface area (Å²) in [7, 11) is -2.38. The minimum Gasteiger partial charge on any atom is -0.416 e. The number of para-hydroxylation sites is 2. The molecular weight excluding hydrogens is 659 g/mol. The van der Waals surface area contributed by atoms with Gasteiger partial charge in [-0.1, -0.05) is 49.2 Å². The Morgan fingerprint density at radius 2 is 1.65 bits per heavy atom. The molecule has 13 nitrogen and oxygen atoms in total. The first-order chi connectivity index (χ1) is 23.1. The molecule has 0 spiro atoms. The number of nitrogens with one attached hydrogen (secondary N) is 1. The third kappa shape index (κ3) is 7.02. The number of likely N-dealkylation sites (N-methyl/N-ethyl adjacent to an activating group) is 1. The summed E-state index contributed by atoms with van der Waals surface area (Å²) in [5.74, 6) is -0.125. The number of nitrogens with zero attached hydrogens (tertiary/aromatic N) is 5. The van der Waals surface area contributed by atoms with Gasteiger partial charge < -0.3 is 33.5 Å². The monoisotopic (exact) mass is 696 g/mol. The van der Waals surface area contributed by atoms with Gasteiger partial charge in [0.2, 0.25) is 11.2 Å². The van der Waals surface area contributed by atoms with Crippen LogP contribution in [0.3, 0.4) is 0 Å². The van der Waals surface area contributed by atoms with Crippen LogP contribution in [0.2, 0.25) is 5.28 Å². The number of halogens is 1. The van der Waals surface area contributed by atoms with E-state index in [2.05, 4.69) is 20.3 Å². The highest BCUT2D eigenvalue weighted by atomic mass is 35.5. The number of amides is 1. The fraction of sp³-hybridized carbons (Fsp3) is 0.455. The first-order valence-corrected chi connectivity index (χ1v) is 18.2. The van der Waals surface area contributed by atoms with E-state index in [1.165, 1.54) is 4.90 Å². The van der Waals surface area contributed by atoms with Crippen molar-refractivity contribution in [3.05, 3.63) is 72.3 Å². The van der Waals surface area contributed by atoms with Gasteiger partial charge in [-0.25, -0.2) is 9.55 Å². The van der Waals surface area contributed by atoms with Crippen molar-refractivity contribution in [3.63, 3.8) is 0 Å². The lowest BCUT2D eigenvalue weighted by atomic mass is 10.1. The summed E-state index contributed by atoms with van der Waals surface area (Å²) >= 11 is 6.40. The van der Waals surface area contributed by atoms with Gasteiger partial charge in [0.1, 0.15) is 29.8 Å². The third-order valence-corrected chi connectivity index (χ3v) is 10.5. The van der Waals surface area contributed by atoms with Crippen LogP contribution in [0.4, 0.5) is 5.82 Å². The number of hydrogen-bond donors (Lipinski definition) is 1. The normalized spacial score (nSPS) is 23.7. The van der Waals surface area contributed by atoms with E-state index in [0.29, 0.717) is 34.5 Å². The molecule has 0 bridgehead atoms. The molecule has 48 heavy (non-hydrogen) atoms. The van der Waals surface area contributed by atoms with Crippen molar-refractivity contribution in [1.82, 2.24) is 24.4 Å². The van der Waals surface area contributed by atoms with E-state index in [0.717, 1.165) is 25.7 Å². The first kappa shape index (κ1) is 32.8. The highest BCUT2D eigenvalue weighted by Crippen LogP contribution is 2.49. The Hall–Kier alpha value is -3.74. The number of carbonyl (C=O) groups is 1. The van der Waals surface area contributed by atoms with Gasteiger partial charge in [0.25, 0.3) is 0 Å². The zero-order chi connectivity index (χ0) is 33.5. The maximum atomic E-state index is 14.1. The first-order valence-electron chi connectivity index (χ1n) is 16.1. The Labute approximate surface area is 283 Å². The van der Waals surface area contributed by atoms with E-state index < -0.39 is 50.0 Å². The van der Waals surface area contributed by atoms with Crippen LogP contribution in [0.5, 0.6) is 11.5 Å². The summed E-state index contributed by atoms with van der Waals surface area (Å²) in [6.07, 6.45) is 3.21. The lowest BCUT2D eigenvalue weighted by molar-refractivity contribution is -0.197. The second-order valence-corrected chi connectivity index (χ2v) is 15.0. The summed E-state index contributed by atoms with van der Waals surface area (Å²) < 4.78 is 46.7. The van der Waals surface area contributed by atoms with Gasteiger partial charge in [0.05, 0.1) is 6.33 Å². The molecule has 4 atom stereocenters. The van der Waals surface area contributed by atoms with Gasteiger partial charge in [-0.2, -0.15) is 9.97 Å². The van der Waals surface area contributed by atoms with Crippen molar-refractivity contribution < 1.29 is 32.6 Å². The quantitative estimate of drug-likeness (QED) is 0.145. The standard InChI is InChI=1S/C33H38ClN6O7P/c1-33(2)44-27-24(18-39(3)25(41)19-48(42,46-22-14-6-4-7-15-22)47-23-16-8-5-9-17-23)43-31(28(27)45-33)40-20-35-26-29(36-21-12-10-11-13-21)37-32(34)38-30(26)40/h4-9,14-17,20-21,24,27-28,31H,10-13,18-19H2,1-3H3,(H,36,37,38)/t24-,27-,28-,31-/m1/s1. The number of hydrogen-bond acceptors (Lipinski definition) is 11. The molecule has 2 aromatic carbocycles. The second kappa shape index (κ2) is 13.3. The van der Waals surface area contributed by atoms with E-state index in [1.807, 2.05) is 26.0 Å². The zero-order valence-electron chi connectivity index (χ0n) is 26.9. The minimum atomic E-state index is -3.99. The number of aromatic nitrogens is 4. The lowest BCUT2D eigenvalue weighted by Crippen LogP contribution is -2.42. The van der Waals surface area contributed by atoms with Crippen molar-refractivity contribution in [2.45, 2.75) is 75.9 Å². The molecule has 1 amide bonds. The highest BCUT2D eigenvalue weighted by molar-refractivity contribution is 7.55. The molecule has 3 aliphatic rings. The Morgan fingerprint density at radius 1 is 1.02 bits per heavy atom. The van der Waals surface area contributed by atoms with Crippen LogP contribution in [0.1, 0.15) is 45.8 Å². The average Bonchev–Trinajstić information content (AvgIpc) is 3.83. The molecule has 254 valence electrons. The molecule has 0 radical (unpaired) electrons. The van der Waals surface area contributed by atoms with Gasteiger partial charge in [-0.15, -0.1) is 0 Å². The van der Waals surface area contributed by atoms with Crippen molar-refractivity contribution in [2.24, 2.45) is 0 Å². The number of benzene rings is 2. The maximum Gasteiger partial charge on any atom is 0.440 e. The smallest absolute Gasteiger partial charge is 0.416 e. The largest absolute Gasteiger partial charge is 0.440 e.